The summed E-state index contributed by atoms with van der Waals surface area (Å²) in [6, 6.07) is 9.75. The quantitative estimate of drug-likeness (QED) is 0.541. The van der Waals surface area contributed by atoms with Crippen molar-refractivity contribution in [1.29, 1.82) is 0 Å². The van der Waals surface area contributed by atoms with E-state index < -0.39 is 0 Å². The average Bonchev–Trinajstić information content (AvgIpc) is 3.32. The number of aryl methyl sites for hydroxylation is 2. The van der Waals surface area contributed by atoms with Crippen LogP contribution in [0.4, 0.5) is 5.82 Å². The summed E-state index contributed by atoms with van der Waals surface area (Å²) in [7, 11) is 0. The van der Waals surface area contributed by atoms with E-state index in [0.29, 0.717) is 4.96 Å². The molecular formula is C20H21N7OS. The van der Waals surface area contributed by atoms with Crippen molar-refractivity contribution in [2.24, 2.45) is 0 Å². The molecule has 4 aromatic rings. The fourth-order valence-electron chi connectivity index (χ4n) is 3.76. The second-order valence-corrected chi connectivity index (χ2v) is 8.14. The predicted octanol–water partition coefficient (Wildman–Crippen LogP) is 2.23. The number of hydrogen-bond acceptors (Lipinski definition) is 7. The van der Waals surface area contributed by atoms with Crippen molar-refractivity contribution in [3.63, 3.8) is 0 Å². The van der Waals surface area contributed by atoms with Crippen LogP contribution in [0.5, 0.6) is 0 Å². The Morgan fingerprint density at radius 1 is 1.10 bits per heavy atom. The van der Waals surface area contributed by atoms with Gasteiger partial charge in [0, 0.05) is 49.1 Å². The molecule has 1 aliphatic rings. The smallest absolute Gasteiger partial charge is 0.277 e. The SMILES string of the molecule is Cc1n[nH]c(C)c1-c1cccc(-c2nn3c(=O)cc(N4CCNCC4)nc3s2)c1. The van der Waals surface area contributed by atoms with Crippen molar-refractivity contribution in [2.45, 2.75) is 13.8 Å². The molecule has 9 heteroatoms. The molecule has 1 aliphatic heterocycles. The number of H-pyrrole nitrogens is 1. The molecule has 0 atom stereocenters. The maximum absolute atomic E-state index is 12.6. The second kappa shape index (κ2) is 7.09. The predicted molar refractivity (Wildman–Crippen MR) is 115 cm³/mol. The lowest BCUT2D eigenvalue weighted by molar-refractivity contribution is 0.584. The Bertz CT molecular complexity index is 1230. The van der Waals surface area contributed by atoms with Gasteiger partial charge in [0.1, 0.15) is 10.8 Å². The zero-order valence-corrected chi connectivity index (χ0v) is 17.1. The summed E-state index contributed by atoms with van der Waals surface area (Å²) in [5.74, 6) is 0.727. The van der Waals surface area contributed by atoms with E-state index in [-0.39, 0.29) is 5.56 Å². The molecule has 0 aliphatic carbocycles. The number of benzene rings is 1. The highest BCUT2D eigenvalue weighted by molar-refractivity contribution is 7.19. The molecule has 0 saturated carbocycles. The number of anilines is 1. The summed E-state index contributed by atoms with van der Waals surface area (Å²) in [6.45, 7) is 7.49. The Morgan fingerprint density at radius 3 is 2.66 bits per heavy atom. The third-order valence-electron chi connectivity index (χ3n) is 5.20. The van der Waals surface area contributed by atoms with Gasteiger partial charge in [-0.3, -0.25) is 9.89 Å². The van der Waals surface area contributed by atoms with Crippen molar-refractivity contribution in [3.8, 4) is 21.7 Å². The lowest BCUT2D eigenvalue weighted by atomic mass is 10.0. The van der Waals surface area contributed by atoms with E-state index in [1.54, 1.807) is 6.07 Å². The molecule has 8 nitrogen and oxygen atoms in total. The van der Waals surface area contributed by atoms with E-state index >= 15 is 0 Å². The number of piperazine rings is 1. The van der Waals surface area contributed by atoms with E-state index in [0.717, 1.165) is 65.1 Å². The second-order valence-electron chi connectivity index (χ2n) is 7.18. The molecule has 0 amide bonds. The average molecular weight is 408 g/mol. The van der Waals surface area contributed by atoms with Crippen LogP contribution in [-0.2, 0) is 0 Å². The minimum Gasteiger partial charge on any atom is -0.354 e. The van der Waals surface area contributed by atoms with Crippen LogP contribution in [0.15, 0.2) is 35.1 Å². The Balaban J connectivity index is 1.57. The molecule has 3 aromatic heterocycles. The van der Waals surface area contributed by atoms with Gasteiger partial charge >= 0.3 is 0 Å². The number of nitrogens with zero attached hydrogens (tertiary/aromatic N) is 5. The number of aromatic amines is 1. The first kappa shape index (κ1) is 18.0. The molecule has 0 spiro atoms. The number of hydrogen-bond donors (Lipinski definition) is 2. The van der Waals surface area contributed by atoms with Gasteiger partial charge in [0.25, 0.3) is 5.56 Å². The number of fused-ring (bicyclic) bond motifs is 1. The summed E-state index contributed by atoms with van der Waals surface area (Å²) in [5, 5.41) is 16.0. The maximum atomic E-state index is 12.6. The Labute approximate surface area is 171 Å². The monoisotopic (exact) mass is 407 g/mol. The maximum Gasteiger partial charge on any atom is 0.277 e. The van der Waals surface area contributed by atoms with Gasteiger partial charge in [0.05, 0.1) is 5.69 Å². The van der Waals surface area contributed by atoms with Crippen molar-refractivity contribution >= 4 is 22.1 Å². The molecule has 5 rings (SSSR count). The number of nitrogens with one attached hydrogen (secondary N) is 2. The van der Waals surface area contributed by atoms with Gasteiger partial charge in [-0.25, -0.2) is 4.98 Å². The van der Waals surface area contributed by atoms with Crippen molar-refractivity contribution < 1.29 is 0 Å². The summed E-state index contributed by atoms with van der Waals surface area (Å²) >= 11 is 1.43. The molecule has 29 heavy (non-hydrogen) atoms. The van der Waals surface area contributed by atoms with Gasteiger partial charge in [0.2, 0.25) is 4.96 Å². The molecule has 2 N–H and O–H groups in total. The Hall–Kier alpha value is -3.04. The molecule has 1 fully saturated rings. The van der Waals surface area contributed by atoms with Gasteiger partial charge in [-0.05, 0) is 25.5 Å². The molecule has 0 unspecified atom stereocenters. The van der Waals surface area contributed by atoms with E-state index in [2.05, 4.69) is 37.6 Å². The zero-order valence-electron chi connectivity index (χ0n) is 16.3. The minimum absolute atomic E-state index is 0.149. The third kappa shape index (κ3) is 3.22. The first-order valence-corrected chi connectivity index (χ1v) is 10.4. The fraction of sp³-hybridized carbons (Fsp3) is 0.300. The molecule has 1 aromatic carbocycles. The van der Waals surface area contributed by atoms with E-state index in [1.807, 2.05) is 26.0 Å². The van der Waals surface area contributed by atoms with E-state index in [9.17, 15) is 4.79 Å². The molecule has 0 radical (unpaired) electrons. The van der Waals surface area contributed by atoms with Gasteiger partial charge in [0.15, 0.2) is 0 Å². The Kier molecular flexibility index (Phi) is 4.40. The summed E-state index contributed by atoms with van der Waals surface area (Å²) in [4.78, 5) is 20.1. The lowest BCUT2D eigenvalue weighted by Crippen LogP contribution is -2.44. The van der Waals surface area contributed by atoms with Crippen LogP contribution in [0.1, 0.15) is 11.4 Å². The van der Waals surface area contributed by atoms with Crippen LogP contribution < -0.4 is 15.8 Å². The number of rotatable bonds is 3. The molecule has 4 heterocycles. The molecule has 1 saturated heterocycles. The standard InChI is InChI=1S/C20H21N7OS/c1-12-18(13(2)24-23-12)14-4-3-5-15(10-14)19-25-27-17(28)11-16(22-20(27)29-19)26-8-6-21-7-9-26/h3-5,10-11,21H,6-9H2,1-2H3,(H,23,24). The summed E-state index contributed by atoms with van der Waals surface area (Å²) in [5.41, 5.74) is 4.98. The normalized spacial score (nSPS) is 14.6. The van der Waals surface area contributed by atoms with E-state index in [4.69, 9.17) is 4.98 Å². The van der Waals surface area contributed by atoms with Gasteiger partial charge < -0.3 is 10.2 Å². The van der Waals surface area contributed by atoms with Crippen LogP contribution in [0, 0.1) is 13.8 Å². The van der Waals surface area contributed by atoms with Crippen molar-refractivity contribution in [3.05, 3.63) is 52.1 Å². The first-order valence-electron chi connectivity index (χ1n) is 9.59. The van der Waals surface area contributed by atoms with Crippen LogP contribution in [0.3, 0.4) is 0 Å². The fourth-order valence-corrected chi connectivity index (χ4v) is 4.65. The Morgan fingerprint density at radius 2 is 1.90 bits per heavy atom. The highest BCUT2D eigenvalue weighted by atomic mass is 32.1. The summed E-state index contributed by atoms with van der Waals surface area (Å²) < 4.78 is 1.40. The van der Waals surface area contributed by atoms with Crippen LogP contribution in [-0.4, -0.2) is 51.0 Å². The van der Waals surface area contributed by atoms with Crippen molar-refractivity contribution in [1.82, 2.24) is 30.1 Å². The molecule has 0 bridgehead atoms. The zero-order chi connectivity index (χ0) is 20.0. The van der Waals surface area contributed by atoms with Gasteiger partial charge in [-0.15, -0.1) is 0 Å². The van der Waals surface area contributed by atoms with Crippen LogP contribution in [0.2, 0.25) is 0 Å². The first-order chi connectivity index (χ1) is 14.1. The lowest BCUT2D eigenvalue weighted by Gasteiger charge is -2.27. The highest BCUT2D eigenvalue weighted by Gasteiger charge is 2.17. The van der Waals surface area contributed by atoms with E-state index in [1.165, 1.54) is 15.9 Å². The minimum atomic E-state index is -0.149. The highest BCUT2D eigenvalue weighted by Crippen LogP contribution is 2.31. The number of aromatic nitrogens is 5. The van der Waals surface area contributed by atoms with Gasteiger partial charge in [-0.2, -0.15) is 14.7 Å². The van der Waals surface area contributed by atoms with Crippen molar-refractivity contribution in [2.75, 3.05) is 31.1 Å². The molecular weight excluding hydrogens is 386 g/mol. The third-order valence-corrected chi connectivity index (χ3v) is 6.16. The summed E-state index contributed by atoms with van der Waals surface area (Å²) in [6.07, 6.45) is 0. The van der Waals surface area contributed by atoms with Crippen LogP contribution in [0.25, 0.3) is 26.7 Å². The van der Waals surface area contributed by atoms with Crippen LogP contribution >= 0.6 is 11.3 Å². The molecule has 148 valence electrons. The topological polar surface area (TPSA) is 91.2 Å². The largest absolute Gasteiger partial charge is 0.354 e. The van der Waals surface area contributed by atoms with Gasteiger partial charge in [-0.1, -0.05) is 29.5 Å².